The van der Waals surface area contributed by atoms with Gasteiger partial charge < -0.3 is 9.47 Å². The van der Waals surface area contributed by atoms with Crippen molar-refractivity contribution >= 4 is 27.6 Å². The van der Waals surface area contributed by atoms with Crippen LogP contribution in [0.5, 0.6) is 5.75 Å². The number of carbonyl (C=O) groups is 1. The van der Waals surface area contributed by atoms with Crippen molar-refractivity contribution in [1.82, 2.24) is 0 Å². The minimum Gasteiger partial charge on any atom is -0.477 e. The van der Waals surface area contributed by atoms with E-state index in [0.717, 1.165) is 0 Å². The molecule has 1 aromatic carbocycles. The number of non-ortho nitro benzene ring substituents is 1. The van der Waals surface area contributed by atoms with Crippen LogP contribution in [-0.2, 0) is 9.53 Å². The predicted molar refractivity (Wildman–Crippen MR) is 72.1 cm³/mol. The van der Waals surface area contributed by atoms with Crippen LogP contribution < -0.4 is 4.74 Å². The normalized spacial score (nSPS) is 11.7. The van der Waals surface area contributed by atoms with Gasteiger partial charge in [-0.15, -0.1) is 0 Å². The molecule has 1 rings (SSSR count). The molecule has 0 bridgehead atoms. The van der Waals surface area contributed by atoms with Gasteiger partial charge in [0, 0.05) is 6.07 Å². The maximum absolute atomic E-state index is 11.6. The van der Waals surface area contributed by atoms with Crippen molar-refractivity contribution in [2.45, 2.75) is 26.4 Å². The van der Waals surface area contributed by atoms with E-state index >= 15 is 0 Å². The van der Waals surface area contributed by atoms with Gasteiger partial charge >= 0.3 is 5.97 Å². The zero-order valence-corrected chi connectivity index (χ0v) is 12.2. The molecule has 0 spiro atoms. The molecule has 0 aliphatic heterocycles. The lowest BCUT2D eigenvalue weighted by Gasteiger charge is -2.16. The summed E-state index contributed by atoms with van der Waals surface area (Å²) in [5.41, 5.74) is -0.100. The molecule has 6 nitrogen and oxygen atoms in total. The minimum atomic E-state index is -0.779. The minimum absolute atomic E-state index is 0.100. The number of benzene rings is 1. The summed E-state index contributed by atoms with van der Waals surface area (Å²) in [6, 6.07) is 4.12. The van der Waals surface area contributed by atoms with Crippen LogP contribution in [0.4, 0.5) is 5.69 Å². The van der Waals surface area contributed by atoms with Crippen LogP contribution in [0, 0.1) is 10.1 Å². The lowest BCUT2D eigenvalue weighted by atomic mass is 10.2. The molecule has 0 aliphatic carbocycles. The van der Waals surface area contributed by atoms with E-state index < -0.39 is 17.0 Å². The van der Waals surface area contributed by atoms with Gasteiger partial charge in [0.05, 0.1) is 22.1 Å². The van der Waals surface area contributed by atoms with Gasteiger partial charge in [-0.25, -0.2) is 4.79 Å². The van der Waals surface area contributed by atoms with Crippen LogP contribution in [-0.4, -0.2) is 23.6 Å². The third kappa shape index (κ3) is 4.20. The Bertz CT molecular complexity index is 477. The van der Waals surface area contributed by atoms with Crippen LogP contribution in [0.25, 0.3) is 0 Å². The summed E-state index contributed by atoms with van der Waals surface area (Å²) < 4.78 is 10.9. The van der Waals surface area contributed by atoms with E-state index in [4.69, 9.17) is 9.47 Å². The highest BCUT2D eigenvalue weighted by molar-refractivity contribution is 9.10. The quantitative estimate of drug-likeness (QED) is 0.454. The Hall–Kier alpha value is -1.63. The third-order valence-electron chi connectivity index (χ3n) is 2.32. The van der Waals surface area contributed by atoms with Crippen molar-refractivity contribution in [3.63, 3.8) is 0 Å². The number of hydrogen-bond acceptors (Lipinski definition) is 5. The van der Waals surface area contributed by atoms with Crippen molar-refractivity contribution in [2.24, 2.45) is 0 Å². The number of ether oxygens (including phenoxy) is 2. The van der Waals surface area contributed by atoms with E-state index in [2.05, 4.69) is 15.9 Å². The second-order valence-electron chi connectivity index (χ2n) is 3.64. The van der Waals surface area contributed by atoms with E-state index in [1.165, 1.54) is 18.2 Å². The van der Waals surface area contributed by atoms with E-state index in [1.54, 1.807) is 13.8 Å². The van der Waals surface area contributed by atoms with E-state index in [1.807, 2.05) is 0 Å². The molecule has 0 fully saturated rings. The summed E-state index contributed by atoms with van der Waals surface area (Å²) in [5, 5.41) is 10.7. The summed E-state index contributed by atoms with van der Waals surface area (Å²) in [4.78, 5) is 21.8. The number of hydrogen-bond donors (Lipinski definition) is 0. The molecule has 1 atom stereocenters. The highest BCUT2D eigenvalue weighted by atomic mass is 79.9. The molecular weight excluding hydrogens is 318 g/mol. The van der Waals surface area contributed by atoms with Crippen LogP contribution in [0.3, 0.4) is 0 Å². The molecule has 0 amide bonds. The molecule has 0 radical (unpaired) electrons. The first-order valence-electron chi connectivity index (χ1n) is 5.76. The Labute approximate surface area is 119 Å². The fraction of sp³-hybridized carbons (Fsp3) is 0.417. The second-order valence-corrected chi connectivity index (χ2v) is 4.49. The van der Waals surface area contributed by atoms with Crippen molar-refractivity contribution < 1.29 is 19.2 Å². The summed E-state index contributed by atoms with van der Waals surface area (Å²) in [6.07, 6.45) is -0.369. The molecule has 0 saturated heterocycles. The Morgan fingerprint density at radius 2 is 2.16 bits per heavy atom. The summed E-state index contributed by atoms with van der Waals surface area (Å²) in [6.45, 7) is 3.73. The SMILES string of the molecule is CCOC(=O)C(CC)Oc1cc([N+](=O)[O-])ccc1Br. The number of carbonyl (C=O) groups excluding carboxylic acids is 1. The predicted octanol–water partition coefficient (Wildman–Crippen LogP) is 3.08. The molecular formula is C12H14BrNO5. The Morgan fingerprint density at radius 3 is 2.68 bits per heavy atom. The molecule has 0 heterocycles. The Balaban J connectivity index is 2.93. The first kappa shape index (κ1) is 15.4. The smallest absolute Gasteiger partial charge is 0.347 e. The maximum Gasteiger partial charge on any atom is 0.347 e. The zero-order chi connectivity index (χ0) is 14.4. The molecule has 0 aromatic heterocycles. The molecule has 0 N–H and O–H groups in total. The van der Waals surface area contributed by atoms with Crippen molar-refractivity contribution in [1.29, 1.82) is 0 Å². The topological polar surface area (TPSA) is 78.7 Å². The third-order valence-corrected chi connectivity index (χ3v) is 2.97. The van der Waals surface area contributed by atoms with Gasteiger partial charge in [-0.05, 0) is 35.3 Å². The number of nitrogens with zero attached hydrogens (tertiary/aromatic N) is 1. The highest BCUT2D eigenvalue weighted by Gasteiger charge is 2.21. The molecule has 19 heavy (non-hydrogen) atoms. The Kier molecular flexibility index (Phi) is 5.75. The van der Waals surface area contributed by atoms with E-state index in [-0.39, 0.29) is 18.0 Å². The van der Waals surface area contributed by atoms with Gasteiger partial charge in [0.1, 0.15) is 5.75 Å². The lowest BCUT2D eigenvalue weighted by Crippen LogP contribution is -2.28. The molecule has 0 aliphatic rings. The van der Waals surface area contributed by atoms with Crippen LogP contribution in [0.1, 0.15) is 20.3 Å². The van der Waals surface area contributed by atoms with Crippen LogP contribution in [0.15, 0.2) is 22.7 Å². The van der Waals surface area contributed by atoms with E-state index in [0.29, 0.717) is 10.9 Å². The highest BCUT2D eigenvalue weighted by Crippen LogP contribution is 2.30. The fourth-order valence-electron chi connectivity index (χ4n) is 1.38. The monoisotopic (exact) mass is 331 g/mol. The molecule has 1 aromatic rings. The Morgan fingerprint density at radius 1 is 1.47 bits per heavy atom. The number of esters is 1. The fourth-order valence-corrected chi connectivity index (χ4v) is 1.72. The van der Waals surface area contributed by atoms with Crippen LogP contribution in [0.2, 0.25) is 0 Å². The van der Waals surface area contributed by atoms with Crippen molar-refractivity contribution in [2.75, 3.05) is 6.61 Å². The number of nitro groups is 1. The van der Waals surface area contributed by atoms with Gasteiger partial charge in [0.25, 0.3) is 5.69 Å². The molecule has 0 saturated carbocycles. The van der Waals surface area contributed by atoms with Crippen molar-refractivity contribution in [3.05, 3.63) is 32.8 Å². The second kappa shape index (κ2) is 7.08. The van der Waals surface area contributed by atoms with Gasteiger partial charge in [0.2, 0.25) is 0 Å². The number of nitro benzene ring substituents is 1. The van der Waals surface area contributed by atoms with Gasteiger partial charge in [0.15, 0.2) is 6.10 Å². The van der Waals surface area contributed by atoms with Gasteiger partial charge in [-0.1, -0.05) is 6.92 Å². The standard InChI is InChI=1S/C12H14BrNO5/c1-3-10(12(15)18-4-2)19-11-7-8(14(16)17)5-6-9(11)13/h5-7,10H,3-4H2,1-2H3. The molecule has 1 unspecified atom stereocenters. The zero-order valence-electron chi connectivity index (χ0n) is 10.6. The average Bonchev–Trinajstić information content (AvgIpc) is 2.37. The van der Waals surface area contributed by atoms with E-state index in [9.17, 15) is 14.9 Å². The maximum atomic E-state index is 11.6. The molecule has 7 heteroatoms. The summed E-state index contributed by atoms with van der Waals surface area (Å²) in [7, 11) is 0. The van der Waals surface area contributed by atoms with Crippen molar-refractivity contribution in [3.8, 4) is 5.75 Å². The molecule has 104 valence electrons. The summed E-state index contributed by atoms with van der Waals surface area (Å²) >= 11 is 3.23. The first-order valence-corrected chi connectivity index (χ1v) is 6.56. The largest absolute Gasteiger partial charge is 0.477 e. The van der Waals surface area contributed by atoms with Gasteiger partial charge in [-0.2, -0.15) is 0 Å². The number of rotatable bonds is 6. The lowest BCUT2D eigenvalue weighted by molar-refractivity contribution is -0.385. The first-order chi connectivity index (χ1) is 8.99. The summed E-state index contributed by atoms with van der Waals surface area (Å²) in [5.74, 6) is -0.238. The van der Waals surface area contributed by atoms with Gasteiger partial charge in [-0.3, -0.25) is 10.1 Å². The van der Waals surface area contributed by atoms with Crippen LogP contribution >= 0.6 is 15.9 Å². The average molecular weight is 332 g/mol. The number of halogens is 1.